The van der Waals surface area contributed by atoms with Crippen LogP contribution in [0.1, 0.15) is 48.9 Å². The van der Waals surface area contributed by atoms with E-state index in [1.165, 1.54) is 22.8 Å². The predicted molar refractivity (Wildman–Crippen MR) is 119 cm³/mol. The molecule has 0 bridgehead atoms. The Morgan fingerprint density at radius 3 is 2.50 bits per heavy atom. The second-order valence-corrected chi connectivity index (χ2v) is 9.93. The van der Waals surface area contributed by atoms with Gasteiger partial charge in [-0.1, -0.05) is 56.7 Å². The van der Waals surface area contributed by atoms with Crippen molar-refractivity contribution < 1.29 is 13.2 Å². The number of aliphatic imine (C=N–C) groups is 1. The molecular weight excluding hydrogens is 398 g/mol. The average Bonchev–Trinajstić information content (AvgIpc) is 2.96. The molecule has 0 spiro atoms. The fraction of sp³-hybridized carbons (Fsp3) is 0.391. The van der Waals surface area contributed by atoms with Crippen LogP contribution < -0.4 is 10.0 Å². The van der Waals surface area contributed by atoms with Crippen LogP contribution in [-0.4, -0.2) is 32.7 Å². The Kier molecular flexibility index (Phi) is 6.31. The highest BCUT2D eigenvalue weighted by Gasteiger charge is 2.32. The monoisotopic (exact) mass is 427 g/mol. The number of benzene rings is 2. The first-order valence-electron chi connectivity index (χ1n) is 10.1. The van der Waals surface area contributed by atoms with Gasteiger partial charge in [0, 0.05) is 12.1 Å². The standard InChI is InChI=1S/C23H29N3O3S/c1-14(2)21(25-22-18-8-6-7-9-20(18)30(28,29)26-22)23(27)24-13-17(5)19-12-15(3)10-11-16(19)4/h6-12,14,17,21H,13H2,1-5H3,(H,24,27)(H,25,26)/t17-,21-/m0/s1. The summed E-state index contributed by atoms with van der Waals surface area (Å²) in [6.07, 6.45) is 0. The van der Waals surface area contributed by atoms with Gasteiger partial charge in [0.15, 0.2) is 0 Å². The Morgan fingerprint density at radius 2 is 1.80 bits per heavy atom. The van der Waals surface area contributed by atoms with Crippen molar-refractivity contribution in [1.29, 1.82) is 0 Å². The molecule has 1 heterocycles. The molecule has 7 heteroatoms. The molecule has 0 saturated carbocycles. The van der Waals surface area contributed by atoms with E-state index < -0.39 is 16.1 Å². The van der Waals surface area contributed by atoms with Gasteiger partial charge in [0.25, 0.3) is 10.0 Å². The Hall–Kier alpha value is -2.67. The third-order valence-electron chi connectivity index (χ3n) is 5.38. The van der Waals surface area contributed by atoms with Crippen molar-refractivity contribution in [2.75, 3.05) is 6.54 Å². The lowest BCUT2D eigenvalue weighted by Crippen LogP contribution is -2.40. The van der Waals surface area contributed by atoms with Gasteiger partial charge in [0.2, 0.25) is 5.91 Å². The van der Waals surface area contributed by atoms with Gasteiger partial charge in [-0.3, -0.25) is 14.5 Å². The third-order valence-corrected chi connectivity index (χ3v) is 6.78. The van der Waals surface area contributed by atoms with Gasteiger partial charge in [-0.15, -0.1) is 0 Å². The van der Waals surface area contributed by atoms with Crippen LogP contribution in [0.5, 0.6) is 0 Å². The number of amidine groups is 1. The fourth-order valence-corrected chi connectivity index (χ4v) is 4.88. The van der Waals surface area contributed by atoms with Crippen LogP contribution in [-0.2, 0) is 14.8 Å². The highest BCUT2D eigenvalue weighted by molar-refractivity contribution is 7.90. The number of amides is 1. The van der Waals surface area contributed by atoms with E-state index in [1.54, 1.807) is 18.2 Å². The fourth-order valence-electron chi connectivity index (χ4n) is 3.64. The van der Waals surface area contributed by atoms with E-state index in [0.29, 0.717) is 12.1 Å². The molecule has 2 atom stereocenters. The molecule has 1 aliphatic heterocycles. The Labute approximate surface area is 178 Å². The number of fused-ring (bicyclic) bond motifs is 1. The van der Waals surface area contributed by atoms with E-state index in [1.807, 2.05) is 13.8 Å². The number of aryl methyl sites for hydroxylation is 2. The molecule has 30 heavy (non-hydrogen) atoms. The second kappa shape index (κ2) is 8.60. The topological polar surface area (TPSA) is 87.6 Å². The quantitative estimate of drug-likeness (QED) is 0.742. The van der Waals surface area contributed by atoms with E-state index in [9.17, 15) is 13.2 Å². The van der Waals surface area contributed by atoms with Crippen LogP contribution in [0.25, 0.3) is 0 Å². The first-order chi connectivity index (χ1) is 14.1. The maximum atomic E-state index is 12.9. The number of nitrogens with zero attached hydrogens (tertiary/aromatic N) is 1. The van der Waals surface area contributed by atoms with E-state index in [0.717, 1.165) is 0 Å². The predicted octanol–water partition coefficient (Wildman–Crippen LogP) is 3.29. The summed E-state index contributed by atoms with van der Waals surface area (Å²) in [5.41, 5.74) is 4.09. The number of nitrogens with one attached hydrogen (secondary N) is 2. The van der Waals surface area contributed by atoms with Crippen molar-refractivity contribution in [3.63, 3.8) is 0 Å². The number of hydrogen-bond donors (Lipinski definition) is 2. The molecule has 0 unspecified atom stereocenters. The first kappa shape index (κ1) is 22.0. The molecule has 1 amide bonds. The molecule has 160 valence electrons. The molecular formula is C23H29N3O3S. The maximum absolute atomic E-state index is 12.9. The van der Waals surface area contributed by atoms with Crippen LogP contribution in [0.15, 0.2) is 52.4 Å². The van der Waals surface area contributed by atoms with Crippen molar-refractivity contribution in [3.8, 4) is 0 Å². The van der Waals surface area contributed by atoms with E-state index in [-0.39, 0.29) is 28.5 Å². The zero-order valence-electron chi connectivity index (χ0n) is 18.1. The molecule has 1 aliphatic rings. The summed E-state index contributed by atoms with van der Waals surface area (Å²) < 4.78 is 27.1. The number of rotatable bonds is 6. The lowest BCUT2D eigenvalue weighted by Gasteiger charge is -2.20. The van der Waals surface area contributed by atoms with Gasteiger partial charge >= 0.3 is 0 Å². The molecule has 0 fully saturated rings. The summed E-state index contributed by atoms with van der Waals surface area (Å²) in [6, 6.07) is 12.3. The van der Waals surface area contributed by atoms with Gasteiger partial charge < -0.3 is 5.32 Å². The van der Waals surface area contributed by atoms with Crippen molar-refractivity contribution in [2.24, 2.45) is 10.9 Å². The Morgan fingerprint density at radius 1 is 1.10 bits per heavy atom. The zero-order valence-corrected chi connectivity index (χ0v) is 18.9. The van der Waals surface area contributed by atoms with Crippen LogP contribution in [0.3, 0.4) is 0 Å². The van der Waals surface area contributed by atoms with Crippen molar-refractivity contribution in [2.45, 2.75) is 51.5 Å². The minimum atomic E-state index is -3.63. The minimum Gasteiger partial charge on any atom is -0.354 e. The van der Waals surface area contributed by atoms with Crippen molar-refractivity contribution in [3.05, 3.63) is 64.7 Å². The highest BCUT2D eigenvalue weighted by Crippen LogP contribution is 2.24. The van der Waals surface area contributed by atoms with Crippen LogP contribution in [0.2, 0.25) is 0 Å². The number of carbonyl (C=O) groups excluding carboxylic acids is 1. The minimum absolute atomic E-state index is 0.0919. The maximum Gasteiger partial charge on any atom is 0.263 e. The first-order valence-corrected chi connectivity index (χ1v) is 11.6. The van der Waals surface area contributed by atoms with Gasteiger partial charge in [0.05, 0.1) is 4.90 Å². The second-order valence-electron chi connectivity index (χ2n) is 8.27. The van der Waals surface area contributed by atoms with Crippen LogP contribution in [0, 0.1) is 19.8 Å². The lowest BCUT2D eigenvalue weighted by atomic mass is 9.94. The summed E-state index contributed by atoms with van der Waals surface area (Å²) >= 11 is 0. The summed E-state index contributed by atoms with van der Waals surface area (Å²) in [4.78, 5) is 17.6. The summed E-state index contributed by atoms with van der Waals surface area (Å²) in [7, 11) is -3.63. The average molecular weight is 428 g/mol. The van der Waals surface area contributed by atoms with E-state index >= 15 is 0 Å². The molecule has 2 aromatic rings. The van der Waals surface area contributed by atoms with E-state index in [2.05, 4.69) is 54.0 Å². The number of carbonyl (C=O) groups is 1. The molecule has 0 saturated heterocycles. The third kappa shape index (κ3) is 4.56. The van der Waals surface area contributed by atoms with Crippen molar-refractivity contribution in [1.82, 2.24) is 10.0 Å². The number of sulfonamides is 1. The lowest BCUT2D eigenvalue weighted by molar-refractivity contribution is -0.123. The molecule has 6 nitrogen and oxygen atoms in total. The summed E-state index contributed by atoms with van der Waals surface area (Å²) in [5, 5.41) is 3.00. The molecule has 0 aliphatic carbocycles. The van der Waals surface area contributed by atoms with Gasteiger partial charge in [0.1, 0.15) is 11.9 Å². The smallest absolute Gasteiger partial charge is 0.263 e. The van der Waals surface area contributed by atoms with E-state index in [4.69, 9.17) is 0 Å². The van der Waals surface area contributed by atoms with Gasteiger partial charge in [-0.2, -0.15) is 0 Å². The molecule has 2 aromatic carbocycles. The highest BCUT2D eigenvalue weighted by atomic mass is 32.2. The number of hydrogen-bond acceptors (Lipinski definition) is 4. The summed E-state index contributed by atoms with van der Waals surface area (Å²) in [6.45, 7) is 10.5. The SMILES string of the molecule is Cc1ccc(C)c([C@@H](C)CNC(=O)[C@@H](N=C2NS(=O)(=O)c3ccccc32)C(C)C)c1. The van der Waals surface area contributed by atoms with Crippen LogP contribution >= 0.6 is 0 Å². The van der Waals surface area contributed by atoms with Gasteiger partial charge in [-0.25, -0.2) is 8.42 Å². The Bertz CT molecular complexity index is 1090. The molecule has 0 aromatic heterocycles. The molecule has 3 rings (SSSR count). The Balaban J connectivity index is 1.78. The molecule has 2 N–H and O–H groups in total. The largest absolute Gasteiger partial charge is 0.354 e. The van der Waals surface area contributed by atoms with Gasteiger partial charge in [-0.05, 0) is 48.9 Å². The van der Waals surface area contributed by atoms with Crippen LogP contribution in [0.4, 0.5) is 0 Å². The van der Waals surface area contributed by atoms with Crippen molar-refractivity contribution >= 4 is 21.8 Å². The zero-order chi connectivity index (χ0) is 22.1. The molecule has 0 radical (unpaired) electrons. The summed E-state index contributed by atoms with van der Waals surface area (Å²) in [5.74, 6) is 0.0751. The normalized spacial score (nSPS) is 18.0.